The smallest absolute Gasteiger partial charge is 0.320 e. The molecule has 0 rings (SSSR count). The highest BCUT2D eigenvalue weighted by Gasteiger charge is 2.17. The molecule has 18 heavy (non-hydrogen) atoms. The average Bonchev–Trinajstić information content (AvgIpc) is 2.31. The van der Waals surface area contributed by atoms with Crippen molar-refractivity contribution in [1.82, 2.24) is 9.80 Å². The van der Waals surface area contributed by atoms with Gasteiger partial charge in [0.25, 0.3) is 0 Å². The van der Waals surface area contributed by atoms with Gasteiger partial charge in [-0.1, -0.05) is 6.08 Å². The number of carbonyl (C=O) groups is 2. The quantitative estimate of drug-likeness (QED) is 0.454. The van der Waals surface area contributed by atoms with E-state index in [-0.39, 0.29) is 25.0 Å². The largest absolute Gasteiger partial charge is 0.465 e. The van der Waals surface area contributed by atoms with Crippen LogP contribution in [-0.2, 0) is 14.3 Å². The third kappa shape index (κ3) is 6.39. The molecule has 1 amide bonds. The van der Waals surface area contributed by atoms with Crippen LogP contribution in [-0.4, -0.2) is 61.0 Å². The van der Waals surface area contributed by atoms with Gasteiger partial charge in [-0.15, -0.1) is 6.58 Å². The van der Waals surface area contributed by atoms with E-state index in [0.29, 0.717) is 26.2 Å². The molecular formula is C13H24N2O3. The minimum atomic E-state index is -0.313. The van der Waals surface area contributed by atoms with Crippen molar-refractivity contribution in [2.75, 3.05) is 39.3 Å². The zero-order valence-corrected chi connectivity index (χ0v) is 11.6. The molecule has 0 N–H and O–H groups in total. The maximum atomic E-state index is 11.9. The number of hydrogen-bond donors (Lipinski definition) is 0. The van der Waals surface area contributed by atoms with Crippen LogP contribution in [0.1, 0.15) is 20.8 Å². The molecule has 0 aromatic carbocycles. The number of amides is 1. The Hall–Kier alpha value is -1.36. The molecule has 0 bridgehead atoms. The topological polar surface area (TPSA) is 49.9 Å². The summed E-state index contributed by atoms with van der Waals surface area (Å²) >= 11 is 0. The number of esters is 1. The SMILES string of the molecule is C=CCN(CC(=O)OCC)CC(=O)N(CC)CC. The molecule has 0 saturated carbocycles. The first-order chi connectivity index (χ1) is 8.58. The third-order valence-electron chi connectivity index (χ3n) is 2.52. The molecule has 0 atom stereocenters. The lowest BCUT2D eigenvalue weighted by Gasteiger charge is -2.24. The van der Waals surface area contributed by atoms with E-state index < -0.39 is 0 Å². The van der Waals surface area contributed by atoms with Crippen LogP contribution in [0.15, 0.2) is 12.7 Å². The molecule has 0 aliphatic heterocycles. The summed E-state index contributed by atoms with van der Waals surface area (Å²) in [7, 11) is 0. The molecule has 0 heterocycles. The number of ether oxygens (including phenoxy) is 1. The molecule has 104 valence electrons. The minimum absolute atomic E-state index is 0.0196. The van der Waals surface area contributed by atoms with Gasteiger partial charge in [-0.25, -0.2) is 0 Å². The van der Waals surface area contributed by atoms with Crippen molar-refractivity contribution in [3.8, 4) is 0 Å². The number of carbonyl (C=O) groups excluding carboxylic acids is 2. The van der Waals surface area contributed by atoms with Crippen LogP contribution in [0.5, 0.6) is 0 Å². The van der Waals surface area contributed by atoms with Crippen LogP contribution in [0.4, 0.5) is 0 Å². The number of rotatable bonds is 9. The van der Waals surface area contributed by atoms with Gasteiger partial charge >= 0.3 is 5.97 Å². The van der Waals surface area contributed by atoms with Crippen LogP contribution < -0.4 is 0 Å². The summed E-state index contributed by atoms with van der Waals surface area (Å²) < 4.78 is 4.87. The molecule has 0 fully saturated rings. The Labute approximate surface area is 109 Å². The van der Waals surface area contributed by atoms with Gasteiger partial charge in [0.05, 0.1) is 19.7 Å². The summed E-state index contributed by atoms with van der Waals surface area (Å²) in [5, 5.41) is 0. The van der Waals surface area contributed by atoms with E-state index in [1.54, 1.807) is 22.8 Å². The van der Waals surface area contributed by atoms with Gasteiger partial charge in [0.2, 0.25) is 5.91 Å². The minimum Gasteiger partial charge on any atom is -0.465 e. The summed E-state index contributed by atoms with van der Waals surface area (Å²) in [6.45, 7) is 11.8. The molecule has 5 nitrogen and oxygen atoms in total. The van der Waals surface area contributed by atoms with Gasteiger partial charge in [-0.3, -0.25) is 14.5 Å². The highest BCUT2D eigenvalue weighted by Crippen LogP contribution is 1.96. The van der Waals surface area contributed by atoms with Gasteiger partial charge in [0.15, 0.2) is 0 Å². The van der Waals surface area contributed by atoms with E-state index in [0.717, 1.165) is 0 Å². The van der Waals surface area contributed by atoms with E-state index in [9.17, 15) is 9.59 Å². The molecular weight excluding hydrogens is 232 g/mol. The molecule has 0 aromatic heterocycles. The van der Waals surface area contributed by atoms with Crippen molar-refractivity contribution in [3.63, 3.8) is 0 Å². The van der Waals surface area contributed by atoms with E-state index in [1.807, 2.05) is 13.8 Å². The first-order valence-electron chi connectivity index (χ1n) is 6.35. The molecule has 0 spiro atoms. The van der Waals surface area contributed by atoms with Crippen LogP contribution in [0.25, 0.3) is 0 Å². The second-order valence-corrected chi connectivity index (χ2v) is 3.83. The lowest BCUT2D eigenvalue weighted by Crippen LogP contribution is -2.42. The Morgan fingerprint density at radius 3 is 2.22 bits per heavy atom. The summed E-state index contributed by atoms with van der Waals surface area (Å²) in [5.41, 5.74) is 0. The molecule has 0 radical (unpaired) electrons. The Morgan fingerprint density at radius 2 is 1.78 bits per heavy atom. The second-order valence-electron chi connectivity index (χ2n) is 3.83. The average molecular weight is 256 g/mol. The van der Waals surface area contributed by atoms with Crippen LogP contribution in [0.3, 0.4) is 0 Å². The normalized spacial score (nSPS) is 10.2. The van der Waals surface area contributed by atoms with E-state index in [4.69, 9.17) is 4.74 Å². The first kappa shape index (κ1) is 16.6. The molecule has 0 aliphatic rings. The third-order valence-corrected chi connectivity index (χ3v) is 2.52. The van der Waals surface area contributed by atoms with Crippen LogP contribution in [0, 0.1) is 0 Å². The van der Waals surface area contributed by atoms with Gasteiger partial charge in [-0.05, 0) is 20.8 Å². The Kier molecular flexibility index (Phi) is 8.92. The number of nitrogens with zero attached hydrogens (tertiary/aromatic N) is 2. The Bertz CT molecular complexity index is 275. The predicted molar refractivity (Wildman–Crippen MR) is 71.2 cm³/mol. The number of likely N-dealkylation sites (N-methyl/N-ethyl adjacent to an activating group) is 1. The molecule has 0 unspecified atom stereocenters. The zero-order chi connectivity index (χ0) is 14.0. The molecule has 0 saturated heterocycles. The van der Waals surface area contributed by atoms with E-state index in [2.05, 4.69) is 6.58 Å². The summed E-state index contributed by atoms with van der Waals surface area (Å²) in [6, 6.07) is 0. The monoisotopic (exact) mass is 256 g/mol. The highest BCUT2D eigenvalue weighted by molar-refractivity contribution is 5.79. The van der Waals surface area contributed by atoms with Crippen molar-refractivity contribution >= 4 is 11.9 Å². The molecule has 5 heteroatoms. The highest BCUT2D eigenvalue weighted by atomic mass is 16.5. The lowest BCUT2D eigenvalue weighted by atomic mass is 10.4. The van der Waals surface area contributed by atoms with Crippen molar-refractivity contribution in [2.24, 2.45) is 0 Å². The van der Waals surface area contributed by atoms with Gasteiger partial charge in [0.1, 0.15) is 0 Å². The standard InChI is InChI=1S/C13H24N2O3/c1-5-9-14(11-13(17)18-8-4)10-12(16)15(6-2)7-3/h5H,1,6-11H2,2-4H3. The Balaban J connectivity index is 4.37. The number of hydrogen-bond acceptors (Lipinski definition) is 4. The molecule has 0 aromatic rings. The fourth-order valence-electron chi connectivity index (χ4n) is 1.62. The summed E-state index contributed by atoms with van der Waals surface area (Å²) in [5.74, 6) is -0.294. The van der Waals surface area contributed by atoms with Gasteiger partial charge in [-0.2, -0.15) is 0 Å². The summed E-state index contributed by atoms with van der Waals surface area (Å²) in [4.78, 5) is 26.8. The predicted octanol–water partition coefficient (Wildman–Crippen LogP) is 0.906. The zero-order valence-electron chi connectivity index (χ0n) is 11.6. The maximum Gasteiger partial charge on any atom is 0.320 e. The van der Waals surface area contributed by atoms with Crippen LogP contribution in [0.2, 0.25) is 0 Å². The molecule has 0 aliphatic carbocycles. The fourth-order valence-corrected chi connectivity index (χ4v) is 1.62. The first-order valence-corrected chi connectivity index (χ1v) is 6.35. The van der Waals surface area contributed by atoms with E-state index in [1.165, 1.54) is 0 Å². The maximum absolute atomic E-state index is 11.9. The second kappa shape index (κ2) is 9.65. The Morgan fingerprint density at radius 1 is 1.17 bits per heavy atom. The van der Waals surface area contributed by atoms with Crippen molar-refractivity contribution in [1.29, 1.82) is 0 Å². The summed E-state index contributed by atoms with van der Waals surface area (Å²) in [6.07, 6.45) is 1.68. The van der Waals surface area contributed by atoms with Crippen molar-refractivity contribution in [3.05, 3.63) is 12.7 Å². The lowest BCUT2D eigenvalue weighted by molar-refractivity contribution is -0.145. The van der Waals surface area contributed by atoms with Gasteiger partial charge in [0, 0.05) is 19.6 Å². The van der Waals surface area contributed by atoms with Gasteiger partial charge < -0.3 is 9.64 Å². The van der Waals surface area contributed by atoms with E-state index >= 15 is 0 Å². The van der Waals surface area contributed by atoms with Crippen molar-refractivity contribution in [2.45, 2.75) is 20.8 Å². The van der Waals surface area contributed by atoms with Crippen LogP contribution >= 0.6 is 0 Å². The fraction of sp³-hybridized carbons (Fsp3) is 0.692. The van der Waals surface area contributed by atoms with Crippen molar-refractivity contribution < 1.29 is 14.3 Å².